The smallest absolute Gasteiger partial charge is 0.290 e. The lowest BCUT2D eigenvalue weighted by Gasteiger charge is -2.25. The molecule has 1 fully saturated rings. The third-order valence-corrected chi connectivity index (χ3v) is 5.32. The molecule has 1 saturated heterocycles. The Hall–Kier alpha value is -2.87. The molecule has 0 aliphatic carbocycles. The number of amides is 2. The van der Waals surface area contributed by atoms with Gasteiger partial charge in [0.1, 0.15) is 0 Å². The minimum Gasteiger partial charge on any atom is -0.483 e. The van der Waals surface area contributed by atoms with Crippen LogP contribution in [0.25, 0.3) is 10.9 Å². The third-order valence-electron chi connectivity index (χ3n) is 5.32. The number of carbonyl (C=O) groups is 3. The van der Waals surface area contributed by atoms with Gasteiger partial charge >= 0.3 is 0 Å². The molecule has 0 saturated carbocycles. The predicted octanol–water partition coefficient (Wildman–Crippen LogP) is 1.21. The van der Waals surface area contributed by atoms with Crippen LogP contribution < -0.4 is 10.6 Å². The topological polar surface area (TPSA) is 104 Å². The SMILES string of the molecule is CNC(=O)C[C@H]1CC[C@@H](CNC(=O)c2cn(C)c3ccccc23)N1C.O=CO. The zero-order valence-corrected chi connectivity index (χ0v) is 16.5. The summed E-state index contributed by atoms with van der Waals surface area (Å²) in [5.41, 5.74) is 1.76. The lowest BCUT2D eigenvalue weighted by Crippen LogP contribution is -2.42. The van der Waals surface area contributed by atoms with E-state index in [4.69, 9.17) is 9.90 Å². The lowest BCUT2D eigenvalue weighted by atomic mass is 10.1. The van der Waals surface area contributed by atoms with Crippen molar-refractivity contribution in [3.63, 3.8) is 0 Å². The molecule has 0 spiro atoms. The Morgan fingerprint density at radius 3 is 2.54 bits per heavy atom. The molecule has 2 heterocycles. The number of carboxylic acid groups (broad SMARTS) is 1. The van der Waals surface area contributed by atoms with Gasteiger partial charge in [-0.25, -0.2) is 0 Å². The molecule has 1 aromatic heterocycles. The first-order valence-corrected chi connectivity index (χ1v) is 9.25. The van der Waals surface area contributed by atoms with E-state index in [9.17, 15) is 9.59 Å². The molecule has 2 amide bonds. The average molecular weight is 388 g/mol. The van der Waals surface area contributed by atoms with Crippen LogP contribution in [0.3, 0.4) is 0 Å². The maximum atomic E-state index is 12.6. The van der Waals surface area contributed by atoms with Gasteiger partial charge in [0.25, 0.3) is 12.4 Å². The van der Waals surface area contributed by atoms with Crippen molar-refractivity contribution in [3.8, 4) is 0 Å². The van der Waals surface area contributed by atoms with Gasteiger partial charge in [-0.1, -0.05) is 18.2 Å². The van der Waals surface area contributed by atoms with E-state index in [0.29, 0.717) is 18.5 Å². The molecule has 152 valence electrons. The second-order valence-electron chi connectivity index (χ2n) is 6.91. The Kier molecular flexibility index (Phi) is 7.57. The summed E-state index contributed by atoms with van der Waals surface area (Å²) in [5.74, 6) is 0.0252. The molecule has 28 heavy (non-hydrogen) atoms. The maximum absolute atomic E-state index is 12.6. The zero-order valence-electron chi connectivity index (χ0n) is 16.5. The van der Waals surface area contributed by atoms with Crippen LogP contribution in [0.15, 0.2) is 30.5 Å². The molecular formula is C20H28N4O4. The fourth-order valence-corrected chi connectivity index (χ4v) is 3.73. The van der Waals surface area contributed by atoms with E-state index in [1.807, 2.05) is 49.1 Å². The molecule has 3 rings (SSSR count). The van der Waals surface area contributed by atoms with Crippen LogP contribution in [0.4, 0.5) is 0 Å². The van der Waals surface area contributed by atoms with Gasteiger partial charge < -0.3 is 20.3 Å². The number of nitrogens with zero attached hydrogens (tertiary/aromatic N) is 2. The summed E-state index contributed by atoms with van der Waals surface area (Å²) in [6.07, 6.45) is 4.38. The fourth-order valence-electron chi connectivity index (χ4n) is 3.73. The largest absolute Gasteiger partial charge is 0.483 e. The van der Waals surface area contributed by atoms with Gasteiger partial charge in [0, 0.05) is 56.2 Å². The van der Waals surface area contributed by atoms with Gasteiger partial charge in [0.05, 0.1) is 5.56 Å². The number of likely N-dealkylation sites (tertiary alicyclic amines) is 1. The second kappa shape index (κ2) is 9.89. The van der Waals surface area contributed by atoms with E-state index in [-0.39, 0.29) is 30.4 Å². The van der Waals surface area contributed by atoms with Crippen LogP contribution in [0.2, 0.25) is 0 Å². The number of fused-ring (bicyclic) bond motifs is 1. The summed E-state index contributed by atoms with van der Waals surface area (Å²) in [7, 11) is 5.65. The number of para-hydroxylation sites is 1. The van der Waals surface area contributed by atoms with E-state index >= 15 is 0 Å². The zero-order chi connectivity index (χ0) is 20.7. The molecule has 0 bridgehead atoms. The first-order valence-electron chi connectivity index (χ1n) is 9.25. The van der Waals surface area contributed by atoms with E-state index in [1.54, 1.807) is 7.05 Å². The highest BCUT2D eigenvalue weighted by atomic mass is 16.3. The minimum atomic E-state index is -0.250. The Morgan fingerprint density at radius 2 is 1.86 bits per heavy atom. The van der Waals surface area contributed by atoms with Crippen molar-refractivity contribution < 1.29 is 19.5 Å². The molecular weight excluding hydrogens is 360 g/mol. The summed E-state index contributed by atoms with van der Waals surface area (Å²) >= 11 is 0. The van der Waals surface area contributed by atoms with Crippen molar-refractivity contribution >= 4 is 29.2 Å². The maximum Gasteiger partial charge on any atom is 0.290 e. The van der Waals surface area contributed by atoms with Crippen molar-refractivity contribution in [1.29, 1.82) is 0 Å². The number of nitrogens with one attached hydrogen (secondary N) is 2. The highest BCUT2D eigenvalue weighted by molar-refractivity contribution is 6.06. The summed E-state index contributed by atoms with van der Waals surface area (Å²) in [6.45, 7) is 0.350. The number of rotatable bonds is 5. The molecule has 2 aromatic rings. The summed E-state index contributed by atoms with van der Waals surface area (Å²) < 4.78 is 1.98. The number of carbonyl (C=O) groups excluding carboxylic acids is 2. The Morgan fingerprint density at radius 1 is 1.21 bits per heavy atom. The van der Waals surface area contributed by atoms with Gasteiger partial charge in [0.2, 0.25) is 5.91 Å². The van der Waals surface area contributed by atoms with Crippen LogP contribution >= 0.6 is 0 Å². The quantitative estimate of drug-likeness (QED) is 0.668. The van der Waals surface area contributed by atoms with E-state index in [2.05, 4.69) is 15.5 Å². The number of hydrogen-bond acceptors (Lipinski definition) is 4. The molecule has 1 aliphatic heterocycles. The number of hydrogen-bond donors (Lipinski definition) is 3. The lowest BCUT2D eigenvalue weighted by molar-refractivity contribution is -0.123. The van der Waals surface area contributed by atoms with Crippen molar-refractivity contribution in [2.24, 2.45) is 7.05 Å². The fraction of sp³-hybridized carbons (Fsp3) is 0.450. The normalized spacial score (nSPS) is 19.0. The average Bonchev–Trinajstić information content (AvgIpc) is 3.21. The molecule has 1 aromatic carbocycles. The summed E-state index contributed by atoms with van der Waals surface area (Å²) in [5, 5.41) is 13.6. The molecule has 8 nitrogen and oxygen atoms in total. The Labute approximate surface area is 164 Å². The molecule has 1 aliphatic rings. The molecule has 0 radical (unpaired) electrons. The predicted molar refractivity (Wildman–Crippen MR) is 107 cm³/mol. The first kappa shape index (κ1) is 21.4. The van der Waals surface area contributed by atoms with Crippen molar-refractivity contribution in [2.75, 3.05) is 20.6 Å². The number of aromatic nitrogens is 1. The first-order chi connectivity index (χ1) is 13.4. The van der Waals surface area contributed by atoms with Crippen molar-refractivity contribution in [1.82, 2.24) is 20.1 Å². The number of likely N-dealkylation sites (N-methyl/N-ethyl adjacent to an activating group) is 1. The van der Waals surface area contributed by atoms with Crippen LogP contribution in [0.5, 0.6) is 0 Å². The highest BCUT2D eigenvalue weighted by Gasteiger charge is 2.31. The monoisotopic (exact) mass is 388 g/mol. The minimum absolute atomic E-state index is 0.0417. The Balaban J connectivity index is 0.000000878. The molecule has 2 atom stereocenters. The highest BCUT2D eigenvalue weighted by Crippen LogP contribution is 2.24. The second-order valence-corrected chi connectivity index (χ2v) is 6.91. The standard InChI is InChI=1S/C19H26N4O2.CH2O2/c1-20-18(24)10-13-8-9-14(23(13)3)11-21-19(25)16-12-22(2)17-7-5-4-6-15(16)17;2-1-3/h4-7,12-14H,8-11H2,1-3H3,(H,20,24)(H,21,25);1H,(H,2,3)/t13-,14+;/m1./s1. The van der Waals surface area contributed by atoms with Crippen molar-refractivity contribution in [3.05, 3.63) is 36.0 Å². The summed E-state index contributed by atoms with van der Waals surface area (Å²) in [4.78, 5) is 34.8. The van der Waals surface area contributed by atoms with Crippen molar-refractivity contribution in [2.45, 2.75) is 31.3 Å². The number of aryl methyl sites for hydroxylation is 1. The van der Waals surface area contributed by atoms with Gasteiger partial charge in [-0.15, -0.1) is 0 Å². The van der Waals surface area contributed by atoms with Crippen LogP contribution in [-0.2, 0) is 16.6 Å². The van der Waals surface area contributed by atoms with Gasteiger partial charge in [-0.2, -0.15) is 0 Å². The van der Waals surface area contributed by atoms with Crippen LogP contribution in [0, 0.1) is 0 Å². The third kappa shape index (κ3) is 4.89. The van der Waals surface area contributed by atoms with E-state index < -0.39 is 0 Å². The van der Waals surface area contributed by atoms with Gasteiger partial charge in [-0.05, 0) is 26.0 Å². The number of benzene rings is 1. The molecule has 0 unspecified atom stereocenters. The molecule has 8 heteroatoms. The van der Waals surface area contributed by atoms with Gasteiger partial charge in [-0.3, -0.25) is 19.3 Å². The van der Waals surface area contributed by atoms with Gasteiger partial charge in [0.15, 0.2) is 0 Å². The molecule has 3 N–H and O–H groups in total. The van der Waals surface area contributed by atoms with E-state index in [1.165, 1.54) is 0 Å². The summed E-state index contributed by atoms with van der Waals surface area (Å²) in [6, 6.07) is 8.44. The Bertz CT molecular complexity index is 833. The van der Waals surface area contributed by atoms with Crippen LogP contribution in [-0.4, -0.2) is 65.6 Å². The van der Waals surface area contributed by atoms with E-state index in [0.717, 1.165) is 23.7 Å². The van der Waals surface area contributed by atoms with Crippen LogP contribution in [0.1, 0.15) is 29.6 Å².